The van der Waals surface area contributed by atoms with E-state index in [2.05, 4.69) is 20.1 Å². The van der Waals surface area contributed by atoms with Gasteiger partial charge in [0.25, 0.3) is 0 Å². The lowest BCUT2D eigenvalue weighted by Gasteiger charge is -2.24. The third-order valence-corrected chi connectivity index (χ3v) is 7.68. The Morgan fingerprint density at radius 2 is 1.38 bits per heavy atom. The maximum atomic E-state index is 13.5. The van der Waals surface area contributed by atoms with Gasteiger partial charge in [-0.3, -0.25) is 33.6 Å². The third-order valence-electron chi connectivity index (χ3n) is 7.04. The Balaban J connectivity index is 3.16. The highest BCUT2D eigenvalue weighted by molar-refractivity contribution is 7.98. The van der Waals surface area contributed by atoms with Crippen molar-refractivity contribution in [3.8, 4) is 0 Å². The highest BCUT2D eigenvalue weighted by Crippen LogP contribution is 2.19. The van der Waals surface area contributed by atoms with E-state index in [0.717, 1.165) is 14.2 Å². The molecule has 0 spiro atoms. The number of carbonyl (C=O) groups is 8. The number of hydrogen-bond acceptors (Lipinski definition) is 12. The van der Waals surface area contributed by atoms with Crippen LogP contribution in [-0.2, 0) is 54.4 Å². The van der Waals surface area contributed by atoms with Crippen LogP contribution in [0.4, 0.5) is 9.18 Å². The predicted molar refractivity (Wildman–Crippen MR) is 167 cm³/mol. The second kappa shape index (κ2) is 22.2. The second-order valence-electron chi connectivity index (χ2n) is 10.5. The SMILES string of the molecule is COC(=O)C[C@H](CC(=O)[C@H](CCSC)NC(=O)[C@H](CCC(N)=O)CC(=O)[C@H](CC(=O)OC)NC(=O)OCc1ccccc1)C(=O)CF. The lowest BCUT2D eigenvalue weighted by molar-refractivity contribution is -0.145. The number of amides is 3. The molecule has 16 heteroatoms. The summed E-state index contributed by atoms with van der Waals surface area (Å²) in [5, 5.41) is 4.86. The van der Waals surface area contributed by atoms with Gasteiger partial charge >= 0.3 is 18.0 Å². The number of hydrogen-bond donors (Lipinski definition) is 3. The zero-order valence-corrected chi connectivity index (χ0v) is 27.4. The topological polar surface area (TPSA) is 214 Å². The van der Waals surface area contributed by atoms with E-state index in [9.17, 15) is 42.7 Å². The molecule has 14 nitrogen and oxygen atoms in total. The number of rotatable bonds is 23. The molecular formula is C31H42FN3O11S. The van der Waals surface area contributed by atoms with Crippen molar-refractivity contribution >= 4 is 59.0 Å². The van der Waals surface area contributed by atoms with E-state index in [0.29, 0.717) is 11.3 Å². The Bertz CT molecular complexity index is 1250. The third kappa shape index (κ3) is 16.2. The fourth-order valence-electron chi connectivity index (χ4n) is 4.35. The van der Waals surface area contributed by atoms with E-state index in [1.807, 2.05) is 0 Å². The van der Waals surface area contributed by atoms with Crippen molar-refractivity contribution in [2.24, 2.45) is 17.6 Å². The number of nitrogens with two attached hydrogens (primary N) is 1. The van der Waals surface area contributed by atoms with E-state index in [4.69, 9.17) is 10.5 Å². The van der Waals surface area contributed by atoms with Crippen LogP contribution in [0.25, 0.3) is 0 Å². The first-order chi connectivity index (χ1) is 22.3. The van der Waals surface area contributed by atoms with Crippen LogP contribution in [0.1, 0.15) is 50.5 Å². The van der Waals surface area contributed by atoms with Gasteiger partial charge in [-0.1, -0.05) is 30.3 Å². The summed E-state index contributed by atoms with van der Waals surface area (Å²) in [5.41, 5.74) is 5.94. The van der Waals surface area contributed by atoms with Gasteiger partial charge in [0.1, 0.15) is 19.3 Å². The molecular weight excluding hydrogens is 641 g/mol. The van der Waals surface area contributed by atoms with Crippen molar-refractivity contribution in [1.29, 1.82) is 0 Å². The molecule has 0 fully saturated rings. The summed E-state index contributed by atoms with van der Waals surface area (Å²) in [7, 11) is 2.17. The minimum Gasteiger partial charge on any atom is -0.469 e. The van der Waals surface area contributed by atoms with Gasteiger partial charge in [0.05, 0.1) is 33.1 Å². The van der Waals surface area contributed by atoms with Crippen molar-refractivity contribution in [3.05, 3.63) is 35.9 Å². The normalized spacial score (nSPS) is 13.2. The number of halogens is 1. The fraction of sp³-hybridized carbons (Fsp3) is 0.548. The molecule has 0 heterocycles. The molecule has 0 aliphatic carbocycles. The number of ether oxygens (including phenoxy) is 3. The van der Waals surface area contributed by atoms with E-state index in [1.54, 1.807) is 36.6 Å². The Morgan fingerprint density at radius 3 is 1.96 bits per heavy atom. The highest BCUT2D eigenvalue weighted by Gasteiger charge is 2.33. The van der Waals surface area contributed by atoms with Gasteiger partial charge in [-0.2, -0.15) is 11.8 Å². The van der Waals surface area contributed by atoms with Gasteiger partial charge in [-0.05, 0) is 30.4 Å². The molecule has 3 amide bonds. The summed E-state index contributed by atoms with van der Waals surface area (Å²) in [5.74, 6) is -7.81. The van der Waals surface area contributed by atoms with E-state index < -0.39 is 103 Å². The van der Waals surface area contributed by atoms with Crippen molar-refractivity contribution < 1.29 is 57.0 Å². The van der Waals surface area contributed by atoms with Gasteiger partial charge in [0.2, 0.25) is 11.8 Å². The number of methoxy groups -OCH3 is 2. The number of alkyl halides is 1. The second-order valence-corrected chi connectivity index (χ2v) is 11.5. The van der Waals surface area contributed by atoms with Crippen molar-refractivity contribution in [3.63, 3.8) is 0 Å². The molecule has 1 aromatic carbocycles. The molecule has 4 N–H and O–H groups in total. The highest BCUT2D eigenvalue weighted by atomic mass is 32.2. The quantitative estimate of drug-likeness (QED) is 0.111. The van der Waals surface area contributed by atoms with Crippen LogP contribution >= 0.6 is 11.8 Å². The summed E-state index contributed by atoms with van der Waals surface area (Å²) in [6, 6.07) is 6.02. The Kier molecular flexibility index (Phi) is 19.2. The smallest absolute Gasteiger partial charge is 0.408 e. The number of Topliss-reactive ketones (excluding diaryl/α,β-unsaturated/α-hetero) is 3. The fourth-order valence-corrected chi connectivity index (χ4v) is 4.82. The van der Waals surface area contributed by atoms with Crippen LogP contribution in [0.2, 0.25) is 0 Å². The van der Waals surface area contributed by atoms with Crippen LogP contribution in [0, 0.1) is 11.8 Å². The van der Waals surface area contributed by atoms with Gasteiger partial charge in [-0.25, -0.2) is 9.18 Å². The molecule has 1 rings (SSSR count). The number of alkyl carbamates (subject to hydrolysis) is 1. The zero-order chi connectivity index (χ0) is 35.4. The Morgan fingerprint density at radius 1 is 0.787 bits per heavy atom. The monoisotopic (exact) mass is 683 g/mol. The number of esters is 2. The van der Waals surface area contributed by atoms with Crippen molar-refractivity contribution in [2.45, 2.75) is 63.6 Å². The molecule has 0 bridgehead atoms. The van der Waals surface area contributed by atoms with Crippen LogP contribution in [0.15, 0.2) is 30.3 Å². The zero-order valence-electron chi connectivity index (χ0n) is 26.6. The molecule has 47 heavy (non-hydrogen) atoms. The molecule has 0 aliphatic rings. The first kappa shape index (κ1) is 40.7. The largest absolute Gasteiger partial charge is 0.469 e. The van der Waals surface area contributed by atoms with Crippen molar-refractivity contribution in [2.75, 3.05) is 32.9 Å². The summed E-state index contributed by atoms with van der Waals surface area (Å²) in [4.78, 5) is 100. The predicted octanol–water partition coefficient (Wildman–Crippen LogP) is 1.60. The van der Waals surface area contributed by atoms with E-state index >= 15 is 0 Å². The molecule has 1 aromatic rings. The molecule has 0 aliphatic heterocycles. The van der Waals surface area contributed by atoms with Crippen molar-refractivity contribution in [1.82, 2.24) is 10.6 Å². The number of carbonyl (C=O) groups excluding carboxylic acids is 8. The number of ketones is 3. The molecule has 260 valence electrons. The molecule has 4 atom stereocenters. The van der Waals surface area contributed by atoms with Crippen LogP contribution in [-0.4, -0.2) is 92.2 Å². The Labute approximate surface area is 276 Å². The van der Waals surface area contributed by atoms with E-state index in [1.165, 1.54) is 11.8 Å². The van der Waals surface area contributed by atoms with Crippen LogP contribution in [0.5, 0.6) is 0 Å². The molecule has 0 radical (unpaired) electrons. The lowest BCUT2D eigenvalue weighted by Crippen LogP contribution is -2.47. The summed E-state index contributed by atoms with van der Waals surface area (Å²) < 4.78 is 27.5. The molecule has 0 aromatic heterocycles. The van der Waals surface area contributed by atoms with Crippen LogP contribution < -0.4 is 16.4 Å². The molecule has 0 saturated carbocycles. The van der Waals surface area contributed by atoms with Gasteiger partial charge < -0.3 is 30.6 Å². The van der Waals surface area contributed by atoms with Crippen LogP contribution in [0.3, 0.4) is 0 Å². The first-order valence-electron chi connectivity index (χ1n) is 14.7. The number of thioether (sulfide) groups is 1. The standard InChI is InChI=1S/C31H42FN3O11S/c1-44-28(40)15-21(26(38)17-32)14-24(36)22(11-12-47-3)34-30(42)20(9-10-27(33)39)13-25(37)23(16-29(41)45-2)35-31(43)46-18-19-7-5-4-6-8-19/h4-8,20-23H,9-18H2,1-3H3,(H2,33,39)(H,34,42)(H,35,43)/t20-,21+,22+,23+/m1/s1. The molecule has 0 saturated heterocycles. The van der Waals surface area contributed by atoms with E-state index in [-0.39, 0.29) is 25.9 Å². The maximum absolute atomic E-state index is 13.5. The van der Waals surface area contributed by atoms with Gasteiger partial charge in [-0.15, -0.1) is 0 Å². The number of primary amides is 1. The first-order valence-corrected chi connectivity index (χ1v) is 16.1. The molecule has 0 unspecified atom stereocenters. The minimum atomic E-state index is -1.46. The summed E-state index contributed by atoms with van der Waals surface area (Å²) in [6.07, 6.45) is -1.94. The van der Waals surface area contributed by atoms with Gasteiger partial charge in [0.15, 0.2) is 17.3 Å². The summed E-state index contributed by atoms with van der Waals surface area (Å²) >= 11 is 1.36. The average Bonchev–Trinajstić information content (AvgIpc) is 3.06. The van der Waals surface area contributed by atoms with Gasteiger partial charge in [0, 0.05) is 31.1 Å². The Hall–Kier alpha value is -4.34. The lowest BCUT2D eigenvalue weighted by atomic mass is 9.89. The maximum Gasteiger partial charge on any atom is 0.408 e. The minimum absolute atomic E-state index is 0.0940. The summed E-state index contributed by atoms with van der Waals surface area (Å²) in [6.45, 7) is -1.53. The number of nitrogens with one attached hydrogen (secondary N) is 2. The number of benzene rings is 1. The average molecular weight is 684 g/mol.